The maximum atomic E-state index is 12.5. The average Bonchev–Trinajstić information content (AvgIpc) is 3.20. The quantitative estimate of drug-likeness (QED) is 0.483. The SMILES string of the molecule is COc1ccc2ncn(/C=C/C(=O)NCCCCn3ccnc3)c(=O)c2c1. The number of amides is 1. The molecule has 1 aromatic carbocycles. The lowest BCUT2D eigenvalue weighted by molar-refractivity contribution is -0.116. The second-order valence-electron chi connectivity index (χ2n) is 5.95. The standard InChI is InChI=1S/C19H21N5O3/c1-27-15-4-5-17-16(12-15)19(26)24(14-22-17)10-6-18(25)21-7-2-3-9-23-11-8-20-13-23/h4-6,8,10-14H,2-3,7,9H2,1H3,(H,21,25)/b10-6+. The van der Waals surface area contributed by atoms with Crippen molar-refractivity contribution < 1.29 is 9.53 Å². The van der Waals surface area contributed by atoms with Crippen LogP contribution in [0, 0.1) is 0 Å². The highest BCUT2D eigenvalue weighted by molar-refractivity contribution is 5.90. The molecule has 3 rings (SSSR count). The van der Waals surface area contributed by atoms with Crippen molar-refractivity contribution in [2.45, 2.75) is 19.4 Å². The maximum absolute atomic E-state index is 12.5. The summed E-state index contributed by atoms with van der Waals surface area (Å²) in [5, 5.41) is 3.23. The van der Waals surface area contributed by atoms with Crippen molar-refractivity contribution in [2.75, 3.05) is 13.7 Å². The molecule has 0 aliphatic rings. The number of hydrogen-bond donors (Lipinski definition) is 1. The van der Waals surface area contributed by atoms with Crippen LogP contribution in [0.15, 0.2) is 54.1 Å². The van der Waals surface area contributed by atoms with E-state index in [1.807, 2.05) is 10.8 Å². The minimum atomic E-state index is -0.261. The Bertz CT molecular complexity index is 992. The van der Waals surface area contributed by atoms with Gasteiger partial charge in [0.2, 0.25) is 5.91 Å². The Morgan fingerprint density at radius 1 is 1.30 bits per heavy atom. The number of carbonyl (C=O) groups is 1. The molecule has 3 aromatic rings. The average molecular weight is 367 g/mol. The molecule has 0 unspecified atom stereocenters. The van der Waals surface area contributed by atoms with Crippen molar-refractivity contribution in [2.24, 2.45) is 0 Å². The summed E-state index contributed by atoms with van der Waals surface area (Å²) in [5.41, 5.74) is 0.316. The van der Waals surface area contributed by atoms with Crippen LogP contribution in [0.1, 0.15) is 12.8 Å². The summed E-state index contributed by atoms with van der Waals surface area (Å²) in [6, 6.07) is 5.10. The third-order valence-corrected chi connectivity index (χ3v) is 4.08. The smallest absolute Gasteiger partial charge is 0.265 e. The van der Waals surface area contributed by atoms with E-state index in [-0.39, 0.29) is 11.5 Å². The highest BCUT2D eigenvalue weighted by atomic mass is 16.5. The summed E-state index contributed by atoms with van der Waals surface area (Å²) >= 11 is 0. The van der Waals surface area contributed by atoms with Crippen LogP contribution < -0.4 is 15.6 Å². The Labute approximate surface area is 156 Å². The predicted octanol–water partition coefficient (Wildman–Crippen LogP) is 1.67. The summed E-state index contributed by atoms with van der Waals surface area (Å²) in [4.78, 5) is 32.6. The number of nitrogens with one attached hydrogen (secondary N) is 1. The van der Waals surface area contributed by atoms with Crippen LogP contribution in [-0.2, 0) is 11.3 Å². The van der Waals surface area contributed by atoms with E-state index < -0.39 is 0 Å². The third kappa shape index (κ3) is 4.81. The molecule has 2 heterocycles. The number of benzene rings is 1. The molecular weight excluding hydrogens is 346 g/mol. The van der Waals surface area contributed by atoms with E-state index in [0.29, 0.717) is 23.2 Å². The fraction of sp³-hybridized carbons (Fsp3) is 0.263. The first-order chi connectivity index (χ1) is 13.2. The van der Waals surface area contributed by atoms with Crippen LogP contribution in [0.2, 0.25) is 0 Å². The molecule has 0 bridgehead atoms. The zero-order chi connectivity index (χ0) is 19.1. The summed E-state index contributed by atoms with van der Waals surface area (Å²) in [6.07, 6.45) is 11.3. The number of hydrogen-bond acceptors (Lipinski definition) is 5. The maximum Gasteiger partial charge on any atom is 0.265 e. The van der Waals surface area contributed by atoms with Gasteiger partial charge in [-0.25, -0.2) is 9.97 Å². The first-order valence-electron chi connectivity index (χ1n) is 8.64. The van der Waals surface area contributed by atoms with E-state index in [0.717, 1.165) is 19.4 Å². The molecule has 140 valence electrons. The number of aromatic nitrogens is 4. The molecule has 0 aliphatic heterocycles. The Morgan fingerprint density at radius 2 is 2.19 bits per heavy atom. The Kier molecular flexibility index (Phi) is 5.98. The monoisotopic (exact) mass is 367 g/mol. The molecule has 8 nitrogen and oxygen atoms in total. The zero-order valence-corrected chi connectivity index (χ0v) is 15.0. The van der Waals surface area contributed by atoms with Crippen molar-refractivity contribution in [1.82, 2.24) is 24.4 Å². The van der Waals surface area contributed by atoms with Gasteiger partial charge in [0.25, 0.3) is 5.56 Å². The molecular formula is C19H21N5O3. The number of carbonyl (C=O) groups excluding carboxylic acids is 1. The molecule has 2 aromatic heterocycles. The van der Waals surface area contributed by atoms with Gasteiger partial charge in [0.05, 0.1) is 24.3 Å². The van der Waals surface area contributed by atoms with E-state index in [9.17, 15) is 9.59 Å². The van der Waals surface area contributed by atoms with Gasteiger partial charge in [-0.2, -0.15) is 0 Å². The molecule has 8 heteroatoms. The van der Waals surface area contributed by atoms with Crippen LogP contribution in [0.3, 0.4) is 0 Å². The van der Waals surface area contributed by atoms with Gasteiger partial charge in [-0.15, -0.1) is 0 Å². The van der Waals surface area contributed by atoms with Gasteiger partial charge < -0.3 is 14.6 Å². The third-order valence-electron chi connectivity index (χ3n) is 4.08. The molecule has 0 saturated heterocycles. The lowest BCUT2D eigenvalue weighted by Gasteiger charge is -2.05. The minimum Gasteiger partial charge on any atom is -0.497 e. The number of nitrogens with zero attached hydrogens (tertiary/aromatic N) is 4. The molecule has 27 heavy (non-hydrogen) atoms. The number of unbranched alkanes of at least 4 members (excludes halogenated alkanes) is 1. The van der Waals surface area contributed by atoms with Gasteiger partial charge in [-0.05, 0) is 31.0 Å². The zero-order valence-electron chi connectivity index (χ0n) is 15.0. The van der Waals surface area contributed by atoms with E-state index >= 15 is 0 Å². The van der Waals surface area contributed by atoms with Crippen molar-refractivity contribution in [1.29, 1.82) is 0 Å². The highest BCUT2D eigenvalue weighted by Crippen LogP contribution is 2.15. The number of rotatable bonds is 8. The molecule has 0 fully saturated rings. The van der Waals surface area contributed by atoms with E-state index in [4.69, 9.17) is 4.74 Å². The summed E-state index contributed by atoms with van der Waals surface area (Å²) < 4.78 is 8.41. The predicted molar refractivity (Wildman–Crippen MR) is 102 cm³/mol. The van der Waals surface area contributed by atoms with Gasteiger partial charge in [0.15, 0.2) is 0 Å². The fourth-order valence-corrected chi connectivity index (χ4v) is 2.61. The van der Waals surface area contributed by atoms with Crippen LogP contribution in [0.25, 0.3) is 17.1 Å². The van der Waals surface area contributed by atoms with Gasteiger partial charge in [-0.1, -0.05) is 0 Å². The molecule has 1 amide bonds. The lowest BCUT2D eigenvalue weighted by Crippen LogP contribution is -2.23. The molecule has 0 aliphatic carbocycles. The number of fused-ring (bicyclic) bond motifs is 1. The second kappa shape index (κ2) is 8.79. The number of aryl methyl sites for hydroxylation is 1. The number of imidazole rings is 1. The topological polar surface area (TPSA) is 91.0 Å². The first kappa shape index (κ1) is 18.4. The molecule has 0 atom stereocenters. The van der Waals surface area contributed by atoms with Crippen LogP contribution in [0.5, 0.6) is 5.75 Å². The summed E-state index contributed by atoms with van der Waals surface area (Å²) in [5.74, 6) is 0.326. The number of methoxy groups -OCH3 is 1. The van der Waals surface area contributed by atoms with Crippen molar-refractivity contribution in [3.05, 3.63) is 59.7 Å². The Morgan fingerprint density at radius 3 is 2.96 bits per heavy atom. The Balaban J connectivity index is 1.54. The molecule has 0 radical (unpaired) electrons. The Hall–Kier alpha value is -3.42. The van der Waals surface area contributed by atoms with Crippen molar-refractivity contribution >= 4 is 23.0 Å². The van der Waals surface area contributed by atoms with Crippen LogP contribution in [-0.4, -0.2) is 38.7 Å². The molecule has 0 spiro atoms. The normalized spacial score (nSPS) is 11.1. The van der Waals surface area contributed by atoms with Crippen LogP contribution >= 0.6 is 0 Å². The first-order valence-corrected chi connectivity index (χ1v) is 8.64. The van der Waals surface area contributed by atoms with E-state index in [2.05, 4.69) is 15.3 Å². The minimum absolute atomic E-state index is 0.254. The lowest BCUT2D eigenvalue weighted by atomic mass is 10.2. The largest absolute Gasteiger partial charge is 0.497 e. The molecule has 1 N–H and O–H groups in total. The number of ether oxygens (including phenoxy) is 1. The van der Waals surface area contributed by atoms with Gasteiger partial charge in [0.1, 0.15) is 12.1 Å². The van der Waals surface area contributed by atoms with E-state index in [1.165, 1.54) is 30.3 Å². The van der Waals surface area contributed by atoms with Gasteiger partial charge in [0, 0.05) is 37.8 Å². The summed E-state index contributed by atoms with van der Waals surface area (Å²) in [7, 11) is 1.54. The van der Waals surface area contributed by atoms with Gasteiger partial charge in [-0.3, -0.25) is 14.2 Å². The van der Waals surface area contributed by atoms with E-state index in [1.54, 1.807) is 30.7 Å². The molecule has 0 saturated carbocycles. The highest BCUT2D eigenvalue weighted by Gasteiger charge is 2.04. The van der Waals surface area contributed by atoms with Gasteiger partial charge >= 0.3 is 0 Å². The van der Waals surface area contributed by atoms with Crippen molar-refractivity contribution in [3.8, 4) is 5.75 Å². The fourth-order valence-electron chi connectivity index (χ4n) is 2.61. The van der Waals surface area contributed by atoms with Crippen molar-refractivity contribution in [3.63, 3.8) is 0 Å². The summed E-state index contributed by atoms with van der Waals surface area (Å²) in [6.45, 7) is 1.44. The van der Waals surface area contributed by atoms with Crippen LogP contribution in [0.4, 0.5) is 0 Å². The second-order valence-corrected chi connectivity index (χ2v) is 5.95.